The van der Waals surface area contributed by atoms with Gasteiger partial charge in [-0.05, 0) is 55.5 Å². The van der Waals surface area contributed by atoms with Gasteiger partial charge in [-0.2, -0.15) is 0 Å². The number of carbonyl (C=O) groups is 2. The van der Waals surface area contributed by atoms with Gasteiger partial charge in [-0.25, -0.2) is 4.98 Å². The molecule has 2 aromatic rings. The average Bonchev–Trinajstić information content (AvgIpc) is 2.72. The van der Waals surface area contributed by atoms with Gasteiger partial charge in [-0.15, -0.1) is 0 Å². The van der Waals surface area contributed by atoms with E-state index in [1.807, 2.05) is 18.2 Å². The number of rotatable bonds is 11. The van der Waals surface area contributed by atoms with Crippen LogP contribution >= 0.6 is 11.6 Å². The Balaban J connectivity index is 1.60. The minimum absolute atomic E-state index is 0.165. The van der Waals surface area contributed by atoms with Gasteiger partial charge in [-0.3, -0.25) is 9.59 Å². The summed E-state index contributed by atoms with van der Waals surface area (Å²) < 4.78 is 10.2. The second-order valence-electron chi connectivity index (χ2n) is 6.25. The molecule has 0 atom stereocenters. The Hall–Kier alpha value is -2.60. The number of ether oxygens (including phenoxy) is 2. The monoisotopic (exact) mass is 404 g/mol. The second-order valence-corrected chi connectivity index (χ2v) is 6.64. The molecule has 6 nitrogen and oxygen atoms in total. The van der Waals surface area contributed by atoms with Crippen molar-refractivity contribution >= 4 is 23.5 Å². The van der Waals surface area contributed by atoms with E-state index in [1.165, 1.54) is 12.7 Å². The average molecular weight is 405 g/mol. The highest BCUT2D eigenvalue weighted by atomic mass is 35.5. The number of pyridine rings is 1. The molecular weight excluding hydrogens is 380 g/mol. The summed E-state index contributed by atoms with van der Waals surface area (Å²) in [5, 5.41) is 3.16. The predicted molar refractivity (Wildman–Crippen MR) is 108 cm³/mol. The number of hydrogen-bond acceptors (Lipinski definition) is 5. The second kappa shape index (κ2) is 12.0. The quantitative estimate of drug-likeness (QED) is 0.350. The van der Waals surface area contributed by atoms with E-state index in [2.05, 4.69) is 15.0 Å². The van der Waals surface area contributed by atoms with E-state index in [0.717, 1.165) is 31.4 Å². The maximum atomic E-state index is 12.0. The van der Waals surface area contributed by atoms with Gasteiger partial charge in [0.1, 0.15) is 10.9 Å². The van der Waals surface area contributed by atoms with Crippen molar-refractivity contribution < 1.29 is 19.1 Å². The molecule has 1 amide bonds. The molecule has 0 aliphatic heterocycles. The van der Waals surface area contributed by atoms with E-state index in [4.69, 9.17) is 16.3 Å². The molecule has 0 aliphatic rings. The summed E-state index contributed by atoms with van der Waals surface area (Å²) in [6.45, 7) is 0.912. The standard InChI is InChI=1S/C21H25ClN2O4/c1-27-20(25)12-13-23-21(26)17-8-6-16(7-9-17)5-3-2-4-14-28-18-10-11-19(22)24-15-18/h6-11,15H,2-5,12-14H2,1H3,(H,23,26). The van der Waals surface area contributed by atoms with E-state index in [-0.39, 0.29) is 24.8 Å². The maximum absolute atomic E-state index is 12.0. The number of aryl methyl sites for hydroxylation is 1. The molecular formula is C21H25ClN2O4. The first-order chi connectivity index (χ1) is 13.6. The summed E-state index contributed by atoms with van der Waals surface area (Å²) in [4.78, 5) is 27.0. The number of carbonyl (C=O) groups excluding carboxylic acids is 2. The van der Waals surface area contributed by atoms with E-state index in [0.29, 0.717) is 17.3 Å². The van der Waals surface area contributed by atoms with Gasteiger partial charge in [0.2, 0.25) is 0 Å². The van der Waals surface area contributed by atoms with Crippen LogP contribution < -0.4 is 10.1 Å². The molecule has 0 saturated carbocycles. The summed E-state index contributed by atoms with van der Waals surface area (Å²) in [6, 6.07) is 11.1. The molecule has 0 fully saturated rings. The highest BCUT2D eigenvalue weighted by Crippen LogP contribution is 2.13. The van der Waals surface area contributed by atoms with Crippen molar-refractivity contribution in [2.75, 3.05) is 20.3 Å². The Morgan fingerprint density at radius 1 is 1.07 bits per heavy atom. The van der Waals surface area contributed by atoms with Crippen LogP contribution in [0.5, 0.6) is 5.75 Å². The van der Waals surface area contributed by atoms with Crippen molar-refractivity contribution in [3.8, 4) is 5.75 Å². The van der Waals surface area contributed by atoms with Gasteiger partial charge in [0.05, 0.1) is 26.3 Å². The van der Waals surface area contributed by atoms with Crippen molar-refractivity contribution in [2.45, 2.75) is 32.1 Å². The van der Waals surface area contributed by atoms with E-state index >= 15 is 0 Å². The minimum Gasteiger partial charge on any atom is -0.492 e. The number of methoxy groups -OCH3 is 1. The molecule has 1 aromatic heterocycles. The molecule has 0 radical (unpaired) electrons. The third kappa shape index (κ3) is 7.96. The number of nitrogens with zero attached hydrogens (tertiary/aromatic N) is 1. The molecule has 1 heterocycles. The molecule has 0 saturated heterocycles. The van der Waals surface area contributed by atoms with E-state index < -0.39 is 0 Å². The first-order valence-electron chi connectivity index (χ1n) is 9.27. The lowest BCUT2D eigenvalue weighted by molar-refractivity contribution is -0.140. The first-order valence-corrected chi connectivity index (χ1v) is 9.64. The highest BCUT2D eigenvalue weighted by Gasteiger charge is 2.06. The Bertz CT molecular complexity index is 748. The molecule has 0 bridgehead atoms. The van der Waals surface area contributed by atoms with Crippen LogP contribution in [0.3, 0.4) is 0 Å². The van der Waals surface area contributed by atoms with Gasteiger partial charge in [0, 0.05) is 12.1 Å². The number of unbranched alkanes of at least 4 members (excludes halogenated alkanes) is 2. The van der Waals surface area contributed by atoms with Gasteiger partial charge in [0.25, 0.3) is 5.91 Å². The number of amides is 1. The molecule has 150 valence electrons. The van der Waals surface area contributed by atoms with Crippen molar-refractivity contribution in [1.82, 2.24) is 10.3 Å². The number of aromatic nitrogens is 1. The van der Waals surface area contributed by atoms with Gasteiger partial charge in [0.15, 0.2) is 0 Å². The zero-order valence-corrected chi connectivity index (χ0v) is 16.7. The summed E-state index contributed by atoms with van der Waals surface area (Å²) >= 11 is 5.73. The summed E-state index contributed by atoms with van der Waals surface area (Å²) in [5.74, 6) is 0.194. The van der Waals surface area contributed by atoms with Gasteiger partial charge < -0.3 is 14.8 Å². The molecule has 0 unspecified atom stereocenters. The number of nitrogens with one attached hydrogen (secondary N) is 1. The Labute approximate surface area is 170 Å². The third-order valence-corrected chi connectivity index (χ3v) is 4.36. The Morgan fingerprint density at radius 3 is 2.54 bits per heavy atom. The lowest BCUT2D eigenvalue weighted by Gasteiger charge is -2.07. The SMILES string of the molecule is COC(=O)CCNC(=O)c1ccc(CCCCCOc2ccc(Cl)nc2)cc1. The fourth-order valence-electron chi connectivity index (χ4n) is 2.55. The van der Waals surface area contributed by atoms with Crippen LogP contribution in [0, 0.1) is 0 Å². The van der Waals surface area contributed by atoms with Crippen molar-refractivity contribution in [1.29, 1.82) is 0 Å². The Kier molecular flexibility index (Phi) is 9.28. The third-order valence-electron chi connectivity index (χ3n) is 4.14. The van der Waals surface area contributed by atoms with Crippen LogP contribution in [-0.2, 0) is 16.0 Å². The lowest BCUT2D eigenvalue weighted by Crippen LogP contribution is -2.26. The fraction of sp³-hybridized carbons (Fsp3) is 0.381. The molecule has 28 heavy (non-hydrogen) atoms. The number of esters is 1. The largest absolute Gasteiger partial charge is 0.492 e. The van der Waals surface area contributed by atoms with Crippen LogP contribution in [0.25, 0.3) is 0 Å². The molecule has 0 spiro atoms. The van der Waals surface area contributed by atoms with Crippen LogP contribution in [0.1, 0.15) is 41.6 Å². The van der Waals surface area contributed by atoms with Crippen molar-refractivity contribution in [2.24, 2.45) is 0 Å². The minimum atomic E-state index is -0.342. The maximum Gasteiger partial charge on any atom is 0.307 e. The lowest BCUT2D eigenvalue weighted by atomic mass is 10.0. The summed E-state index contributed by atoms with van der Waals surface area (Å²) in [7, 11) is 1.33. The van der Waals surface area contributed by atoms with E-state index in [9.17, 15) is 9.59 Å². The molecule has 0 aliphatic carbocycles. The van der Waals surface area contributed by atoms with Crippen LogP contribution in [0.4, 0.5) is 0 Å². The zero-order chi connectivity index (χ0) is 20.2. The molecule has 7 heteroatoms. The molecule has 2 rings (SSSR count). The van der Waals surface area contributed by atoms with Gasteiger partial charge >= 0.3 is 5.97 Å². The van der Waals surface area contributed by atoms with Crippen molar-refractivity contribution in [3.05, 3.63) is 58.9 Å². The number of halogens is 1. The topological polar surface area (TPSA) is 77.5 Å². The number of hydrogen-bond donors (Lipinski definition) is 1. The summed E-state index contributed by atoms with van der Waals surface area (Å²) in [5.41, 5.74) is 1.77. The fourth-order valence-corrected chi connectivity index (χ4v) is 2.66. The molecule has 1 aromatic carbocycles. The van der Waals surface area contributed by atoms with Crippen molar-refractivity contribution in [3.63, 3.8) is 0 Å². The number of benzene rings is 1. The smallest absolute Gasteiger partial charge is 0.307 e. The Morgan fingerprint density at radius 2 is 1.86 bits per heavy atom. The predicted octanol–water partition coefficient (Wildman–Crippen LogP) is 3.82. The zero-order valence-electron chi connectivity index (χ0n) is 15.9. The van der Waals surface area contributed by atoms with Crippen LogP contribution in [0.15, 0.2) is 42.6 Å². The van der Waals surface area contributed by atoms with Crippen LogP contribution in [0.2, 0.25) is 5.15 Å². The molecule has 1 N–H and O–H groups in total. The normalized spacial score (nSPS) is 10.4. The first kappa shape index (κ1) is 21.7. The highest BCUT2D eigenvalue weighted by molar-refractivity contribution is 6.29. The summed E-state index contributed by atoms with van der Waals surface area (Å²) in [6.07, 6.45) is 5.80. The van der Waals surface area contributed by atoms with Crippen LogP contribution in [-0.4, -0.2) is 37.1 Å². The van der Waals surface area contributed by atoms with Gasteiger partial charge in [-0.1, -0.05) is 23.7 Å². The van der Waals surface area contributed by atoms with E-state index in [1.54, 1.807) is 24.4 Å².